The van der Waals surface area contributed by atoms with Crippen LogP contribution in [-0.4, -0.2) is 41.4 Å². The number of nitrogens with zero attached hydrogens (tertiary/aromatic N) is 1. The van der Waals surface area contributed by atoms with Crippen molar-refractivity contribution >= 4 is 6.09 Å². The van der Waals surface area contributed by atoms with Gasteiger partial charge >= 0.3 is 12.3 Å². The Balaban J connectivity index is 2.79. The third-order valence-corrected chi connectivity index (χ3v) is 3.01. The molecule has 0 bridgehead atoms. The Morgan fingerprint density at radius 2 is 1.89 bits per heavy atom. The van der Waals surface area contributed by atoms with Gasteiger partial charge in [0, 0.05) is 12.5 Å². The molecule has 0 unspecified atom stereocenters. The average molecular weight is 268 g/mol. The summed E-state index contributed by atoms with van der Waals surface area (Å²) >= 11 is 0. The van der Waals surface area contributed by atoms with Gasteiger partial charge in [0.25, 0.3) is 0 Å². The molecule has 2 N–H and O–H groups in total. The second kappa shape index (κ2) is 4.29. The van der Waals surface area contributed by atoms with Crippen molar-refractivity contribution in [1.82, 2.24) is 4.90 Å². The average Bonchev–Trinajstić information content (AvgIpc) is 2.40. The minimum atomic E-state index is -4.54. The van der Waals surface area contributed by atoms with Crippen molar-refractivity contribution in [3.05, 3.63) is 0 Å². The molecule has 1 fully saturated rings. The number of amides is 1. The van der Waals surface area contributed by atoms with E-state index >= 15 is 0 Å². The van der Waals surface area contributed by atoms with Crippen LogP contribution in [0.15, 0.2) is 0 Å². The van der Waals surface area contributed by atoms with Gasteiger partial charge in [0.15, 0.2) is 0 Å². The number of nitrogens with two attached hydrogens (primary N) is 1. The first kappa shape index (κ1) is 15.1. The molecular weight excluding hydrogens is 249 g/mol. The molecule has 0 aromatic rings. The van der Waals surface area contributed by atoms with Crippen LogP contribution in [0.25, 0.3) is 0 Å². The maximum absolute atomic E-state index is 12.9. The Morgan fingerprint density at radius 1 is 1.39 bits per heavy atom. The van der Waals surface area contributed by atoms with Gasteiger partial charge in [-0.25, -0.2) is 4.79 Å². The molecule has 0 radical (unpaired) electrons. The first-order valence-corrected chi connectivity index (χ1v) is 5.70. The molecule has 4 nitrogen and oxygen atoms in total. The predicted molar refractivity (Wildman–Crippen MR) is 59.9 cm³/mol. The van der Waals surface area contributed by atoms with E-state index in [-0.39, 0.29) is 6.54 Å². The van der Waals surface area contributed by atoms with E-state index in [1.54, 1.807) is 20.8 Å². The van der Waals surface area contributed by atoms with Gasteiger partial charge in [-0.15, -0.1) is 0 Å². The van der Waals surface area contributed by atoms with Crippen LogP contribution in [0.5, 0.6) is 0 Å². The van der Waals surface area contributed by atoms with Crippen LogP contribution >= 0.6 is 0 Å². The van der Waals surface area contributed by atoms with Crippen molar-refractivity contribution in [3.63, 3.8) is 0 Å². The Morgan fingerprint density at radius 3 is 2.22 bits per heavy atom. The summed E-state index contributed by atoms with van der Waals surface area (Å²) in [6, 6.07) is 0. The van der Waals surface area contributed by atoms with Gasteiger partial charge in [-0.05, 0) is 20.8 Å². The minimum absolute atomic E-state index is 0.0507. The van der Waals surface area contributed by atoms with Crippen molar-refractivity contribution in [2.24, 2.45) is 11.7 Å². The monoisotopic (exact) mass is 268 g/mol. The van der Waals surface area contributed by atoms with Gasteiger partial charge in [0.05, 0.1) is 6.54 Å². The fourth-order valence-corrected chi connectivity index (χ4v) is 1.86. The van der Waals surface area contributed by atoms with Gasteiger partial charge in [-0.2, -0.15) is 13.2 Å². The number of rotatable bonds is 0. The first-order valence-electron chi connectivity index (χ1n) is 5.70. The second-order valence-corrected chi connectivity index (χ2v) is 5.80. The van der Waals surface area contributed by atoms with E-state index in [1.807, 2.05) is 0 Å². The molecule has 0 saturated carbocycles. The largest absolute Gasteiger partial charge is 0.444 e. The number of ether oxygens (including phenoxy) is 1. The van der Waals surface area contributed by atoms with Crippen molar-refractivity contribution in [2.45, 2.75) is 45.0 Å². The van der Waals surface area contributed by atoms with Gasteiger partial charge in [-0.3, -0.25) is 0 Å². The molecule has 7 heteroatoms. The summed E-state index contributed by atoms with van der Waals surface area (Å²) in [6.07, 6.45) is -5.30. The Bertz CT molecular complexity index is 338. The quantitative estimate of drug-likeness (QED) is 0.732. The van der Waals surface area contributed by atoms with Gasteiger partial charge in [0.2, 0.25) is 0 Å². The molecule has 1 saturated heterocycles. The summed E-state index contributed by atoms with van der Waals surface area (Å²) in [7, 11) is 0. The number of carbonyl (C=O) groups is 1. The van der Waals surface area contributed by atoms with Crippen molar-refractivity contribution in [1.29, 1.82) is 0 Å². The van der Waals surface area contributed by atoms with Crippen LogP contribution in [0.3, 0.4) is 0 Å². The highest BCUT2D eigenvalue weighted by molar-refractivity contribution is 5.69. The van der Waals surface area contributed by atoms with Crippen molar-refractivity contribution in [3.8, 4) is 0 Å². The molecule has 1 rings (SSSR count). The summed E-state index contributed by atoms with van der Waals surface area (Å²) in [4.78, 5) is 12.7. The molecule has 106 valence electrons. The Kier molecular flexibility index (Phi) is 3.60. The lowest BCUT2D eigenvalue weighted by molar-refractivity contribution is -0.190. The second-order valence-electron chi connectivity index (χ2n) is 5.80. The lowest BCUT2D eigenvalue weighted by Crippen LogP contribution is -2.59. The Labute approximate surface area is 104 Å². The first-order chi connectivity index (χ1) is 7.87. The molecule has 1 heterocycles. The topological polar surface area (TPSA) is 55.6 Å². The number of alkyl halides is 3. The van der Waals surface area contributed by atoms with E-state index < -0.39 is 35.9 Å². The van der Waals surface area contributed by atoms with Crippen LogP contribution in [0.2, 0.25) is 0 Å². The van der Waals surface area contributed by atoms with E-state index in [4.69, 9.17) is 10.5 Å². The zero-order chi connectivity index (χ0) is 14.4. The van der Waals surface area contributed by atoms with Crippen LogP contribution < -0.4 is 5.73 Å². The van der Waals surface area contributed by atoms with Crippen LogP contribution in [-0.2, 0) is 4.74 Å². The van der Waals surface area contributed by atoms with Crippen molar-refractivity contribution < 1.29 is 22.7 Å². The molecule has 1 aliphatic heterocycles. The van der Waals surface area contributed by atoms with Gasteiger partial charge in [-0.1, -0.05) is 6.92 Å². The van der Waals surface area contributed by atoms with Crippen molar-refractivity contribution in [2.75, 3.05) is 13.1 Å². The summed E-state index contributed by atoms with van der Waals surface area (Å²) in [5, 5.41) is 0. The number of carbonyl (C=O) groups excluding carboxylic acids is 1. The van der Waals surface area contributed by atoms with E-state index in [9.17, 15) is 18.0 Å². The van der Waals surface area contributed by atoms with E-state index in [1.165, 1.54) is 6.92 Å². The fourth-order valence-electron chi connectivity index (χ4n) is 1.86. The third kappa shape index (κ3) is 2.88. The minimum Gasteiger partial charge on any atom is -0.444 e. The van der Waals surface area contributed by atoms with Gasteiger partial charge in [0.1, 0.15) is 11.1 Å². The molecule has 0 aromatic heterocycles. The lowest BCUT2D eigenvalue weighted by atomic mass is 9.89. The predicted octanol–water partition coefficient (Wildman–Crippen LogP) is 2.13. The summed E-state index contributed by atoms with van der Waals surface area (Å²) < 4.78 is 43.6. The fraction of sp³-hybridized carbons (Fsp3) is 0.909. The highest BCUT2D eigenvalue weighted by Crippen LogP contribution is 2.39. The summed E-state index contributed by atoms with van der Waals surface area (Å²) in [6.45, 7) is 5.74. The summed E-state index contributed by atoms with van der Waals surface area (Å²) in [5.74, 6) is -0.856. The number of halogens is 3. The molecule has 2 atom stereocenters. The maximum atomic E-state index is 12.9. The van der Waals surface area contributed by atoms with E-state index in [2.05, 4.69) is 0 Å². The van der Waals surface area contributed by atoms with E-state index in [0.717, 1.165) is 4.90 Å². The van der Waals surface area contributed by atoms with Crippen LogP contribution in [0.1, 0.15) is 27.7 Å². The third-order valence-electron chi connectivity index (χ3n) is 3.01. The molecular formula is C11H19F3N2O2. The highest BCUT2D eigenvalue weighted by atomic mass is 19.4. The highest BCUT2D eigenvalue weighted by Gasteiger charge is 2.60. The van der Waals surface area contributed by atoms with Crippen LogP contribution in [0, 0.1) is 5.92 Å². The van der Waals surface area contributed by atoms with E-state index in [0.29, 0.717) is 0 Å². The SMILES string of the molecule is C[C@@H]1CN(C(=O)OC(C)(C)C)C[C@]1(N)C(F)(F)F. The maximum Gasteiger partial charge on any atom is 0.410 e. The summed E-state index contributed by atoms with van der Waals surface area (Å²) in [5.41, 5.74) is 2.30. The molecule has 18 heavy (non-hydrogen) atoms. The Hall–Kier alpha value is -0.980. The molecule has 0 spiro atoms. The number of hydrogen-bond acceptors (Lipinski definition) is 3. The number of hydrogen-bond donors (Lipinski definition) is 1. The standard InChI is InChI=1S/C11H19F3N2O2/c1-7-5-16(8(17)18-9(2,3)4)6-10(7,15)11(12,13)14/h7H,5-6,15H2,1-4H3/t7-,10-/m1/s1. The molecule has 0 aliphatic carbocycles. The normalized spacial score (nSPS) is 29.6. The van der Waals surface area contributed by atoms with Crippen LogP contribution in [0.4, 0.5) is 18.0 Å². The number of likely N-dealkylation sites (tertiary alicyclic amines) is 1. The molecule has 1 aliphatic rings. The smallest absolute Gasteiger partial charge is 0.410 e. The van der Waals surface area contributed by atoms with Gasteiger partial charge < -0.3 is 15.4 Å². The zero-order valence-electron chi connectivity index (χ0n) is 11.0. The molecule has 1 amide bonds. The molecule has 0 aromatic carbocycles. The lowest BCUT2D eigenvalue weighted by Gasteiger charge is -2.30. The zero-order valence-corrected chi connectivity index (χ0v) is 11.0.